The summed E-state index contributed by atoms with van der Waals surface area (Å²) in [7, 11) is 0. The molecule has 0 radical (unpaired) electrons. The predicted octanol–water partition coefficient (Wildman–Crippen LogP) is 2.44. The number of aliphatic hydroxyl groups is 1. The predicted molar refractivity (Wildman–Crippen MR) is 61.5 cm³/mol. The van der Waals surface area contributed by atoms with E-state index < -0.39 is 6.10 Å². The van der Waals surface area contributed by atoms with Gasteiger partial charge < -0.3 is 14.6 Å². The topological polar surface area (TPSA) is 38.7 Å². The van der Waals surface area contributed by atoms with Crippen molar-refractivity contribution < 1.29 is 19.0 Å². The maximum absolute atomic E-state index is 13.2. The molecule has 0 amide bonds. The molecule has 1 aliphatic heterocycles. The first-order valence-electron chi connectivity index (χ1n) is 5.88. The summed E-state index contributed by atoms with van der Waals surface area (Å²) in [6.45, 7) is 2.98. The number of rotatable bonds is 3. The van der Waals surface area contributed by atoms with E-state index in [1.54, 1.807) is 13.0 Å². The van der Waals surface area contributed by atoms with Crippen LogP contribution in [0.4, 0.5) is 4.39 Å². The van der Waals surface area contributed by atoms with Crippen molar-refractivity contribution in [2.45, 2.75) is 32.0 Å². The van der Waals surface area contributed by atoms with Crippen LogP contribution in [0.3, 0.4) is 0 Å². The molecule has 0 aliphatic carbocycles. The number of hydrogen-bond donors (Lipinski definition) is 1. The number of ether oxygens (including phenoxy) is 2. The van der Waals surface area contributed by atoms with Gasteiger partial charge in [0, 0.05) is 24.5 Å². The molecule has 0 aromatic heterocycles. The fraction of sp³-hybridized carbons (Fsp3) is 0.538. The third kappa shape index (κ3) is 3.17. The highest BCUT2D eigenvalue weighted by Crippen LogP contribution is 2.28. The third-order valence-electron chi connectivity index (χ3n) is 2.89. The van der Waals surface area contributed by atoms with Crippen LogP contribution in [0.2, 0.25) is 0 Å². The minimum atomic E-state index is -0.662. The molecule has 1 atom stereocenters. The maximum Gasteiger partial charge on any atom is 0.128 e. The van der Waals surface area contributed by atoms with Crippen LogP contribution < -0.4 is 4.74 Å². The Labute approximate surface area is 100 Å². The first-order valence-corrected chi connectivity index (χ1v) is 5.88. The summed E-state index contributed by atoms with van der Waals surface area (Å²) >= 11 is 0. The van der Waals surface area contributed by atoms with Crippen LogP contribution in [0, 0.1) is 5.82 Å². The molecule has 0 unspecified atom stereocenters. The average molecular weight is 240 g/mol. The van der Waals surface area contributed by atoms with Gasteiger partial charge in [-0.1, -0.05) is 0 Å². The quantitative estimate of drug-likeness (QED) is 0.882. The molecule has 2 rings (SSSR count). The van der Waals surface area contributed by atoms with Crippen LogP contribution in [0.25, 0.3) is 0 Å². The summed E-state index contributed by atoms with van der Waals surface area (Å²) in [6.07, 6.45) is 0.986. The van der Waals surface area contributed by atoms with Crippen LogP contribution in [0.5, 0.6) is 5.75 Å². The summed E-state index contributed by atoms with van der Waals surface area (Å²) in [6, 6.07) is 4.23. The molecular weight excluding hydrogens is 223 g/mol. The zero-order chi connectivity index (χ0) is 12.3. The fourth-order valence-corrected chi connectivity index (χ4v) is 1.93. The summed E-state index contributed by atoms with van der Waals surface area (Å²) in [5.41, 5.74) is 0.623. The van der Waals surface area contributed by atoms with Crippen molar-refractivity contribution in [2.24, 2.45) is 0 Å². The number of aliphatic hydroxyl groups excluding tert-OH is 1. The molecule has 1 fully saturated rings. The van der Waals surface area contributed by atoms with Gasteiger partial charge in [-0.2, -0.15) is 0 Å². The van der Waals surface area contributed by atoms with Crippen molar-refractivity contribution in [2.75, 3.05) is 13.2 Å². The minimum Gasteiger partial charge on any atom is -0.490 e. The molecule has 1 aromatic carbocycles. The molecule has 1 aliphatic rings. The Morgan fingerprint density at radius 1 is 1.41 bits per heavy atom. The highest BCUT2D eigenvalue weighted by atomic mass is 19.1. The van der Waals surface area contributed by atoms with Crippen molar-refractivity contribution in [3.63, 3.8) is 0 Å². The molecular formula is C13H17FO3. The Bertz CT molecular complexity index is 373. The van der Waals surface area contributed by atoms with Crippen LogP contribution in [0.1, 0.15) is 31.4 Å². The molecule has 0 saturated carbocycles. The second-order valence-electron chi connectivity index (χ2n) is 4.29. The number of hydrogen-bond acceptors (Lipinski definition) is 3. The average Bonchev–Trinajstić information content (AvgIpc) is 2.30. The van der Waals surface area contributed by atoms with E-state index in [4.69, 9.17) is 9.47 Å². The lowest BCUT2D eigenvalue weighted by Crippen LogP contribution is -2.26. The Morgan fingerprint density at radius 2 is 2.12 bits per heavy atom. The lowest BCUT2D eigenvalue weighted by molar-refractivity contribution is 0.0241. The van der Waals surface area contributed by atoms with Gasteiger partial charge in [0.25, 0.3) is 0 Å². The van der Waals surface area contributed by atoms with Crippen LogP contribution >= 0.6 is 0 Å². The Hall–Kier alpha value is -1.13. The largest absolute Gasteiger partial charge is 0.490 e. The van der Waals surface area contributed by atoms with Crippen molar-refractivity contribution >= 4 is 0 Å². The molecule has 4 heteroatoms. The Morgan fingerprint density at radius 3 is 2.76 bits per heavy atom. The molecule has 17 heavy (non-hydrogen) atoms. The molecule has 94 valence electrons. The molecule has 0 bridgehead atoms. The first kappa shape index (κ1) is 12.3. The van der Waals surface area contributed by atoms with Gasteiger partial charge in [0.05, 0.1) is 19.3 Å². The zero-order valence-corrected chi connectivity index (χ0v) is 9.86. The molecule has 1 aromatic rings. The molecule has 0 spiro atoms. The van der Waals surface area contributed by atoms with E-state index in [1.165, 1.54) is 12.1 Å². The van der Waals surface area contributed by atoms with Gasteiger partial charge in [-0.05, 0) is 19.1 Å². The standard InChI is InChI=1S/C13H17FO3/c1-9(15)12-3-2-10(14)8-13(12)17-11-4-6-16-7-5-11/h2-3,8-9,11,15H,4-7H2,1H3/t9-/m1/s1. The highest BCUT2D eigenvalue weighted by Gasteiger charge is 2.18. The lowest BCUT2D eigenvalue weighted by Gasteiger charge is -2.25. The number of benzene rings is 1. The zero-order valence-electron chi connectivity index (χ0n) is 9.86. The van der Waals surface area contributed by atoms with Gasteiger partial charge in [0.2, 0.25) is 0 Å². The highest BCUT2D eigenvalue weighted by molar-refractivity contribution is 5.35. The van der Waals surface area contributed by atoms with E-state index in [0.717, 1.165) is 12.8 Å². The SMILES string of the molecule is C[C@@H](O)c1ccc(F)cc1OC1CCOCC1. The molecule has 1 saturated heterocycles. The van der Waals surface area contributed by atoms with E-state index in [2.05, 4.69) is 0 Å². The summed E-state index contributed by atoms with van der Waals surface area (Å²) in [5, 5.41) is 9.60. The maximum atomic E-state index is 13.2. The van der Waals surface area contributed by atoms with Crippen molar-refractivity contribution in [1.29, 1.82) is 0 Å². The van der Waals surface area contributed by atoms with E-state index in [0.29, 0.717) is 24.5 Å². The van der Waals surface area contributed by atoms with E-state index in [-0.39, 0.29) is 11.9 Å². The molecule has 1 N–H and O–H groups in total. The number of halogens is 1. The second kappa shape index (κ2) is 5.47. The van der Waals surface area contributed by atoms with Gasteiger partial charge in [-0.25, -0.2) is 4.39 Å². The summed E-state index contributed by atoms with van der Waals surface area (Å²) in [5.74, 6) is 0.0864. The van der Waals surface area contributed by atoms with Gasteiger partial charge in [0.15, 0.2) is 0 Å². The monoisotopic (exact) mass is 240 g/mol. The van der Waals surface area contributed by atoms with Crippen LogP contribution in [-0.2, 0) is 4.74 Å². The Balaban J connectivity index is 2.14. The summed E-state index contributed by atoms with van der Waals surface area (Å²) < 4.78 is 24.2. The first-order chi connectivity index (χ1) is 8.16. The van der Waals surface area contributed by atoms with Gasteiger partial charge >= 0.3 is 0 Å². The van der Waals surface area contributed by atoms with Gasteiger partial charge in [-0.3, -0.25) is 0 Å². The lowest BCUT2D eigenvalue weighted by atomic mass is 10.1. The molecule has 3 nitrogen and oxygen atoms in total. The Kier molecular flexibility index (Phi) is 3.97. The van der Waals surface area contributed by atoms with E-state index in [9.17, 15) is 9.50 Å². The van der Waals surface area contributed by atoms with Crippen molar-refractivity contribution in [3.8, 4) is 5.75 Å². The van der Waals surface area contributed by atoms with Crippen LogP contribution in [-0.4, -0.2) is 24.4 Å². The van der Waals surface area contributed by atoms with Crippen molar-refractivity contribution in [3.05, 3.63) is 29.6 Å². The van der Waals surface area contributed by atoms with E-state index >= 15 is 0 Å². The van der Waals surface area contributed by atoms with Gasteiger partial charge in [0.1, 0.15) is 17.7 Å². The van der Waals surface area contributed by atoms with E-state index in [1.807, 2.05) is 0 Å². The normalized spacial score (nSPS) is 19.0. The fourth-order valence-electron chi connectivity index (χ4n) is 1.93. The molecule has 1 heterocycles. The van der Waals surface area contributed by atoms with Gasteiger partial charge in [-0.15, -0.1) is 0 Å². The smallest absolute Gasteiger partial charge is 0.128 e. The van der Waals surface area contributed by atoms with Crippen LogP contribution in [0.15, 0.2) is 18.2 Å². The second-order valence-corrected chi connectivity index (χ2v) is 4.29. The summed E-state index contributed by atoms with van der Waals surface area (Å²) in [4.78, 5) is 0. The minimum absolute atomic E-state index is 0.0445. The van der Waals surface area contributed by atoms with Crippen molar-refractivity contribution in [1.82, 2.24) is 0 Å². The third-order valence-corrected chi connectivity index (χ3v) is 2.89.